The number of carbonyl (C=O) groups excluding carboxylic acids is 3. The van der Waals surface area contributed by atoms with Crippen molar-refractivity contribution in [1.29, 1.82) is 0 Å². The Morgan fingerprint density at radius 1 is 0.903 bits per heavy atom. The number of benzene rings is 2. The quantitative estimate of drug-likeness (QED) is 0.451. The second kappa shape index (κ2) is 12.2. The van der Waals surface area contributed by atoms with E-state index in [0.29, 0.717) is 5.57 Å². The van der Waals surface area contributed by atoms with Crippen molar-refractivity contribution in [2.45, 2.75) is 38.5 Å². The van der Waals surface area contributed by atoms with Gasteiger partial charge in [0.15, 0.2) is 0 Å². The van der Waals surface area contributed by atoms with Crippen LogP contribution in [0.1, 0.15) is 24.5 Å². The first-order valence-electron chi connectivity index (χ1n) is 9.92. The van der Waals surface area contributed by atoms with Crippen molar-refractivity contribution in [1.82, 2.24) is 10.6 Å². The number of carbonyl (C=O) groups is 3. The van der Waals surface area contributed by atoms with Crippen LogP contribution in [0.2, 0.25) is 0 Å². The van der Waals surface area contributed by atoms with Gasteiger partial charge in [-0.15, -0.1) is 6.58 Å². The number of rotatable bonds is 10. The highest BCUT2D eigenvalue weighted by Crippen LogP contribution is 2.08. The molecule has 7 heteroatoms. The van der Waals surface area contributed by atoms with E-state index in [-0.39, 0.29) is 19.4 Å². The van der Waals surface area contributed by atoms with E-state index < -0.39 is 30.1 Å². The molecule has 2 amide bonds. The van der Waals surface area contributed by atoms with Crippen LogP contribution < -0.4 is 10.6 Å². The molecule has 2 N–H and O–H groups in total. The molecule has 164 valence electrons. The van der Waals surface area contributed by atoms with Crippen LogP contribution in [0.3, 0.4) is 0 Å². The molecule has 0 spiro atoms. The smallest absolute Gasteiger partial charge is 0.408 e. The summed E-state index contributed by atoms with van der Waals surface area (Å²) < 4.78 is 10.0. The lowest BCUT2D eigenvalue weighted by molar-refractivity contribution is -0.145. The lowest BCUT2D eigenvalue weighted by Gasteiger charge is -2.22. The van der Waals surface area contributed by atoms with Gasteiger partial charge in [-0.1, -0.05) is 66.2 Å². The Bertz CT molecular complexity index is 883. The first-order chi connectivity index (χ1) is 14.9. The summed E-state index contributed by atoms with van der Waals surface area (Å²) in [7, 11) is 1.25. The Hall–Kier alpha value is -3.61. The third-order valence-electron chi connectivity index (χ3n) is 4.46. The molecule has 2 rings (SSSR count). The highest BCUT2D eigenvalue weighted by Gasteiger charge is 2.28. The number of methoxy groups -OCH3 is 1. The lowest BCUT2D eigenvalue weighted by atomic mass is 10.0. The number of nitrogens with one attached hydrogen (secondary N) is 2. The molecular formula is C24H28N2O5. The molecule has 0 aliphatic heterocycles. The molecule has 0 bridgehead atoms. The third kappa shape index (κ3) is 8.34. The van der Waals surface area contributed by atoms with Crippen molar-refractivity contribution >= 4 is 18.0 Å². The molecule has 0 saturated heterocycles. The first kappa shape index (κ1) is 23.7. The average Bonchev–Trinajstić information content (AvgIpc) is 2.77. The van der Waals surface area contributed by atoms with E-state index in [2.05, 4.69) is 17.2 Å². The molecule has 2 aromatic carbocycles. The average molecular weight is 424 g/mol. The van der Waals surface area contributed by atoms with Crippen LogP contribution in [-0.4, -0.2) is 37.2 Å². The number of ether oxygens (including phenoxy) is 2. The number of amides is 2. The summed E-state index contributed by atoms with van der Waals surface area (Å²) in [5.41, 5.74) is 2.39. The summed E-state index contributed by atoms with van der Waals surface area (Å²) in [6.07, 6.45) is -0.266. The fraction of sp³-hybridized carbons (Fsp3) is 0.292. The Morgan fingerprint density at radius 3 is 2.03 bits per heavy atom. The topological polar surface area (TPSA) is 93.7 Å². The fourth-order valence-corrected chi connectivity index (χ4v) is 2.92. The van der Waals surface area contributed by atoms with Gasteiger partial charge in [0.25, 0.3) is 0 Å². The van der Waals surface area contributed by atoms with E-state index in [4.69, 9.17) is 9.47 Å². The van der Waals surface area contributed by atoms with Gasteiger partial charge in [0.2, 0.25) is 5.91 Å². The molecule has 0 aliphatic rings. The van der Waals surface area contributed by atoms with Crippen molar-refractivity contribution in [2.24, 2.45) is 0 Å². The number of hydrogen-bond acceptors (Lipinski definition) is 5. The maximum atomic E-state index is 13.0. The predicted octanol–water partition coefficient (Wildman–Crippen LogP) is 3.15. The highest BCUT2D eigenvalue weighted by atomic mass is 16.5. The Balaban J connectivity index is 2.08. The van der Waals surface area contributed by atoms with Crippen molar-refractivity contribution in [3.8, 4) is 0 Å². The van der Waals surface area contributed by atoms with Gasteiger partial charge in [0, 0.05) is 6.42 Å². The van der Waals surface area contributed by atoms with Crippen molar-refractivity contribution in [3.05, 3.63) is 83.9 Å². The first-order valence-corrected chi connectivity index (χ1v) is 9.92. The lowest BCUT2D eigenvalue weighted by Crippen LogP contribution is -2.52. The molecule has 0 heterocycles. The van der Waals surface area contributed by atoms with Crippen LogP contribution >= 0.6 is 0 Å². The molecule has 0 fully saturated rings. The van der Waals surface area contributed by atoms with Gasteiger partial charge in [-0.3, -0.25) is 4.79 Å². The monoisotopic (exact) mass is 424 g/mol. The molecular weight excluding hydrogens is 396 g/mol. The highest BCUT2D eigenvalue weighted by molar-refractivity contribution is 5.90. The van der Waals surface area contributed by atoms with E-state index in [0.717, 1.165) is 11.1 Å². The van der Waals surface area contributed by atoms with Crippen LogP contribution in [-0.2, 0) is 32.1 Å². The third-order valence-corrected chi connectivity index (χ3v) is 4.46. The minimum absolute atomic E-state index is 0.0762. The summed E-state index contributed by atoms with van der Waals surface area (Å²) in [6, 6.07) is 16.6. The standard InChI is InChI=1S/C24H28N2O5/c1-17(2)14-21(23(28)30-3)25-22(27)20(15-18-10-6-4-7-11-18)26-24(29)31-16-19-12-8-5-9-13-19/h4-13,20-21H,1,14-16H2,2-3H3,(H,25,27)(H,26,29)/t20-,21?/m0/s1. The zero-order chi connectivity index (χ0) is 22.6. The van der Waals surface area contributed by atoms with Crippen LogP contribution in [0.4, 0.5) is 4.79 Å². The molecule has 0 aliphatic carbocycles. The van der Waals surface area contributed by atoms with Crippen molar-refractivity contribution < 1.29 is 23.9 Å². The zero-order valence-corrected chi connectivity index (χ0v) is 17.8. The summed E-state index contributed by atoms with van der Waals surface area (Å²) in [4.78, 5) is 37.4. The second-order valence-corrected chi connectivity index (χ2v) is 7.19. The largest absolute Gasteiger partial charge is 0.467 e. The fourth-order valence-electron chi connectivity index (χ4n) is 2.92. The van der Waals surface area contributed by atoms with Crippen molar-refractivity contribution in [3.63, 3.8) is 0 Å². The van der Waals surface area contributed by atoms with Crippen LogP contribution in [0, 0.1) is 0 Å². The van der Waals surface area contributed by atoms with Crippen LogP contribution in [0.25, 0.3) is 0 Å². The number of hydrogen-bond donors (Lipinski definition) is 2. The maximum Gasteiger partial charge on any atom is 0.408 e. The minimum atomic E-state index is -0.942. The summed E-state index contributed by atoms with van der Waals surface area (Å²) in [5.74, 6) is -1.10. The van der Waals surface area contributed by atoms with Gasteiger partial charge < -0.3 is 20.1 Å². The Morgan fingerprint density at radius 2 is 1.48 bits per heavy atom. The van der Waals surface area contributed by atoms with E-state index in [1.807, 2.05) is 60.7 Å². The van der Waals surface area contributed by atoms with E-state index in [1.165, 1.54) is 7.11 Å². The SMILES string of the molecule is C=C(C)CC(NC(=O)[C@H](Cc1ccccc1)NC(=O)OCc1ccccc1)C(=O)OC. The molecule has 2 atom stereocenters. The number of esters is 1. The molecule has 2 aromatic rings. The van der Waals surface area contributed by atoms with Gasteiger partial charge in [-0.25, -0.2) is 9.59 Å². The molecule has 31 heavy (non-hydrogen) atoms. The van der Waals surface area contributed by atoms with E-state index >= 15 is 0 Å². The van der Waals surface area contributed by atoms with E-state index in [1.54, 1.807) is 6.92 Å². The maximum absolute atomic E-state index is 13.0. The van der Waals surface area contributed by atoms with Gasteiger partial charge in [0.1, 0.15) is 18.7 Å². The minimum Gasteiger partial charge on any atom is -0.467 e. The van der Waals surface area contributed by atoms with Gasteiger partial charge in [-0.2, -0.15) is 0 Å². The summed E-state index contributed by atoms with van der Waals surface area (Å²) >= 11 is 0. The molecule has 7 nitrogen and oxygen atoms in total. The molecule has 0 aromatic heterocycles. The molecule has 0 saturated carbocycles. The second-order valence-electron chi connectivity index (χ2n) is 7.19. The number of alkyl carbamates (subject to hydrolysis) is 1. The zero-order valence-electron chi connectivity index (χ0n) is 17.8. The van der Waals surface area contributed by atoms with Gasteiger partial charge in [-0.05, 0) is 24.5 Å². The van der Waals surface area contributed by atoms with Crippen molar-refractivity contribution in [2.75, 3.05) is 7.11 Å². The van der Waals surface area contributed by atoms with Gasteiger partial charge >= 0.3 is 12.1 Å². The van der Waals surface area contributed by atoms with Gasteiger partial charge in [0.05, 0.1) is 7.11 Å². The summed E-state index contributed by atoms with van der Waals surface area (Å²) in [5, 5.41) is 5.26. The predicted molar refractivity (Wildman–Crippen MR) is 117 cm³/mol. The molecule has 1 unspecified atom stereocenters. The van der Waals surface area contributed by atoms with E-state index in [9.17, 15) is 14.4 Å². The summed E-state index contributed by atoms with van der Waals surface area (Å²) in [6.45, 7) is 5.61. The Labute approximate surface area is 182 Å². The normalized spacial score (nSPS) is 12.2. The van der Waals surface area contributed by atoms with Crippen LogP contribution in [0.15, 0.2) is 72.8 Å². The Kier molecular flexibility index (Phi) is 9.29. The molecule has 0 radical (unpaired) electrons. The van der Waals surface area contributed by atoms with Crippen LogP contribution in [0.5, 0.6) is 0 Å².